The van der Waals surface area contributed by atoms with E-state index in [1.165, 1.54) is 0 Å². The van der Waals surface area contributed by atoms with E-state index < -0.39 is 12.1 Å². The molecule has 0 spiro atoms. The van der Waals surface area contributed by atoms with Gasteiger partial charge in [-0.1, -0.05) is 15.9 Å². The van der Waals surface area contributed by atoms with Gasteiger partial charge in [0.15, 0.2) is 0 Å². The monoisotopic (exact) mass is 392 g/mol. The van der Waals surface area contributed by atoms with Crippen molar-refractivity contribution in [3.8, 4) is 0 Å². The van der Waals surface area contributed by atoms with Crippen LogP contribution >= 0.6 is 15.9 Å². The number of hydrogen-bond acceptors (Lipinski definition) is 2. The largest absolute Gasteiger partial charge is 0.471 e. The van der Waals surface area contributed by atoms with E-state index in [1.807, 2.05) is 0 Å². The van der Waals surface area contributed by atoms with Gasteiger partial charge in [-0.25, -0.2) is 0 Å². The third kappa shape index (κ3) is 4.95. The van der Waals surface area contributed by atoms with Gasteiger partial charge < -0.3 is 10.2 Å². The average Bonchev–Trinajstić information content (AvgIpc) is 2.52. The molecule has 0 aromatic heterocycles. The molecule has 0 aliphatic carbocycles. The van der Waals surface area contributed by atoms with Crippen LogP contribution < -0.4 is 5.32 Å². The molecule has 0 unspecified atom stereocenters. The summed E-state index contributed by atoms with van der Waals surface area (Å²) in [5.74, 6) is -1.92. The number of nitrogens with zero attached hydrogens (tertiary/aromatic N) is 1. The van der Waals surface area contributed by atoms with E-state index in [-0.39, 0.29) is 24.9 Å². The second-order valence-electron chi connectivity index (χ2n) is 5.45. The van der Waals surface area contributed by atoms with Crippen LogP contribution in [0.5, 0.6) is 0 Å². The Labute approximate surface area is 140 Å². The topological polar surface area (TPSA) is 49.4 Å². The quantitative estimate of drug-likeness (QED) is 0.859. The molecule has 1 aromatic carbocycles. The fraction of sp³-hybridized carbons (Fsp3) is 0.467. The molecule has 1 aliphatic heterocycles. The first-order valence-electron chi connectivity index (χ1n) is 7.17. The Bertz CT molecular complexity index is 567. The summed E-state index contributed by atoms with van der Waals surface area (Å²) >= 11 is 3.28. The van der Waals surface area contributed by atoms with Crippen molar-refractivity contribution >= 4 is 27.7 Å². The van der Waals surface area contributed by atoms with Crippen molar-refractivity contribution in [1.29, 1.82) is 0 Å². The summed E-state index contributed by atoms with van der Waals surface area (Å²) in [5.41, 5.74) is 0.526. The Morgan fingerprint density at radius 2 is 1.74 bits per heavy atom. The van der Waals surface area contributed by atoms with Crippen LogP contribution in [0.15, 0.2) is 28.7 Å². The van der Waals surface area contributed by atoms with E-state index in [9.17, 15) is 22.8 Å². The van der Waals surface area contributed by atoms with Crippen molar-refractivity contribution in [1.82, 2.24) is 10.2 Å². The van der Waals surface area contributed by atoms with Crippen LogP contribution in [0.4, 0.5) is 13.2 Å². The lowest BCUT2D eigenvalue weighted by atomic mass is 9.96. The maximum absolute atomic E-state index is 12.3. The summed E-state index contributed by atoms with van der Waals surface area (Å²) in [6, 6.07) is 6.89. The molecule has 1 fully saturated rings. The van der Waals surface area contributed by atoms with E-state index >= 15 is 0 Å². The van der Waals surface area contributed by atoms with Crippen molar-refractivity contribution in [2.45, 2.75) is 19.0 Å². The summed E-state index contributed by atoms with van der Waals surface area (Å²) < 4.78 is 37.9. The summed E-state index contributed by atoms with van der Waals surface area (Å²) in [4.78, 5) is 23.9. The van der Waals surface area contributed by atoms with Gasteiger partial charge in [-0.2, -0.15) is 13.2 Å². The van der Waals surface area contributed by atoms with Gasteiger partial charge in [-0.3, -0.25) is 9.59 Å². The first-order valence-corrected chi connectivity index (χ1v) is 7.96. The smallest absolute Gasteiger partial charge is 0.352 e. The van der Waals surface area contributed by atoms with E-state index in [0.717, 1.165) is 9.37 Å². The molecule has 1 N–H and O–H groups in total. The molecule has 0 atom stereocenters. The number of likely N-dealkylation sites (tertiary alicyclic amines) is 1. The normalized spacial score (nSPS) is 16.3. The van der Waals surface area contributed by atoms with E-state index in [1.54, 1.807) is 24.3 Å². The zero-order valence-electron chi connectivity index (χ0n) is 12.2. The van der Waals surface area contributed by atoms with Gasteiger partial charge in [0, 0.05) is 29.7 Å². The Hall–Kier alpha value is -1.57. The number of nitrogens with one attached hydrogen (secondary N) is 1. The fourth-order valence-electron chi connectivity index (χ4n) is 2.46. The highest BCUT2D eigenvalue weighted by Crippen LogP contribution is 2.23. The number of alkyl halides is 3. The summed E-state index contributed by atoms with van der Waals surface area (Å²) in [5, 5.41) is 2.78. The van der Waals surface area contributed by atoms with Crippen molar-refractivity contribution in [3.05, 3.63) is 34.3 Å². The van der Waals surface area contributed by atoms with E-state index in [2.05, 4.69) is 21.2 Å². The minimum absolute atomic E-state index is 0.0666. The maximum Gasteiger partial charge on any atom is 0.471 e. The Balaban J connectivity index is 1.77. The molecular weight excluding hydrogens is 377 g/mol. The van der Waals surface area contributed by atoms with Crippen molar-refractivity contribution in [2.24, 2.45) is 5.92 Å². The van der Waals surface area contributed by atoms with Crippen LogP contribution in [0.2, 0.25) is 0 Å². The fourth-order valence-corrected chi connectivity index (χ4v) is 2.72. The molecule has 0 radical (unpaired) electrons. The van der Waals surface area contributed by atoms with Gasteiger partial charge >= 0.3 is 12.1 Å². The van der Waals surface area contributed by atoms with Crippen LogP contribution in [0.1, 0.15) is 23.2 Å². The predicted octanol–water partition coefficient (Wildman–Crippen LogP) is 2.98. The van der Waals surface area contributed by atoms with Crippen LogP contribution in [-0.4, -0.2) is 42.5 Å². The van der Waals surface area contributed by atoms with Crippen molar-refractivity contribution < 1.29 is 22.8 Å². The highest BCUT2D eigenvalue weighted by atomic mass is 79.9. The van der Waals surface area contributed by atoms with Crippen LogP contribution in [0, 0.1) is 5.92 Å². The summed E-state index contributed by atoms with van der Waals surface area (Å²) in [6.07, 6.45) is -3.92. The lowest BCUT2D eigenvalue weighted by molar-refractivity contribution is -0.186. The molecule has 4 nitrogen and oxygen atoms in total. The third-order valence-electron chi connectivity index (χ3n) is 3.80. The lowest BCUT2D eigenvalue weighted by Crippen LogP contribution is -2.46. The maximum atomic E-state index is 12.3. The molecule has 1 aromatic rings. The van der Waals surface area contributed by atoms with Crippen LogP contribution in [0.25, 0.3) is 0 Å². The number of halogens is 4. The molecule has 0 saturated carbocycles. The Morgan fingerprint density at radius 3 is 2.26 bits per heavy atom. The molecule has 23 heavy (non-hydrogen) atoms. The standard InChI is InChI=1S/C15H16BrF3N2O2/c16-12-3-1-11(2-4-12)13(22)20-9-10-5-7-21(8-6-10)14(23)15(17,18)19/h1-4,10H,5-9H2,(H,20,22). The molecule has 1 heterocycles. The van der Waals surface area contributed by atoms with Gasteiger partial charge in [-0.15, -0.1) is 0 Å². The number of carbonyl (C=O) groups is 2. The molecule has 126 valence electrons. The van der Waals surface area contributed by atoms with Crippen LogP contribution in [-0.2, 0) is 4.79 Å². The lowest BCUT2D eigenvalue weighted by Gasteiger charge is -2.32. The second-order valence-corrected chi connectivity index (χ2v) is 6.37. The van der Waals surface area contributed by atoms with Crippen LogP contribution in [0.3, 0.4) is 0 Å². The number of rotatable bonds is 3. The van der Waals surface area contributed by atoms with E-state index in [4.69, 9.17) is 0 Å². The zero-order valence-corrected chi connectivity index (χ0v) is 13.8. The highest BCUT2D eigenvalue weighted by Gasteiger charge is 2.43. The van der Waals surface area contributed by atoms with Gasteiger partial charge in [0.05, 0.1) is 0 Å². The number of amides is 2. The van der Waals surface area contributed by atoms with Crippen molar-refractivity contribution in [2.75, 3.05) is 19.6 Å². The first-order chi connectivity index (χ1) is 10.8. The third-order valence-corrected chi connectivity index (χ3v) is 4.33. The SMILES string of the molecule is O=C(NCC1CCN(C(=O)C(F)(F)F)CC1)c1ccc(Br)cc1. The van der Waals surface area contributed by atoms with Gasteiger partial charge in [0.1, 0.15) is 0 Å². The molecule has 8 heteroatoms. The summed E-state index contributed by atoms with van der Waals surface area (Å²) in [6.45, 7) is 0.525. The molecule has 1 saturated heterocycles. The zero-order chi connectivity index (χ0) is 17.0. The van der Waals surface area contributed by atoms with Crippen molar-refractivity contribution in [3.63, 3.8) is 0 Å². The minimum Gasteiger partial charge on any atom is -0.352 e. The van der Waals surface area contributed by atoms with Gasteiger partial charge in [0.25, 0.3) is 5.91 Å². The first kappa shape index (κ1) is 17.8. The molecule has 0 bridgehead atoms. The van der Waals surface area contributed by atoms with E-state index in [0.29, 0.717) is 24.9 Å². The van der Waals surface area contributed by atoms with Gasteiger partial charge in [-0.05, 0) is 43.0 Å². The average molecular weight is 393 g/mol. The second kappa shape index (κ2) is 7.33. The Kier molecular flexibility index (Phi) is 5.67. The number of benzene rings is 1. The Morgan fingerprint density at radius 1 is 1.17 bits per heavy atom. The minimum atomic E-state index is -4.82. The van der Waals surface area contributed by atoms with Gasteiger partial charge in [0.2, 0.25) is 0 Å². The molecule has 2 rings (SSSR count). The molecule has 2 amide bonds. The number of carbonyl (C=O) groups excluding carboxylic acids is 2. The molecular formula is C15H16BrF3N2O2. The highest BCUT2D eigenvalue weighted by molar-refractivity contribution is 9.10. The molecule has 1 aliphatic rings. The predicted molar refractivity (Wildman–Crippen MR) is 81.8 cm³/mol. The number of piperidine rings is 1. The number of hydrogen-bond donors (Lipinski definition) is 1. The summed E-state index contributed by atoms with van der Waals surface area (Å²) in [7, 11) is 0.